The van der Waals surface area contributed by atoms with Crippen LogP contribution in [-0.2, 0) is 29.5 Å². The molecule has 0 aromatic heterocycles. The number of hydrogen-bond acceptors (Lipinski definition) is 9. The number of nitrogens with zero attached hydrogens (tertiary/aromatic N) is 2. The first-order valence-electron chi connectivity index (χ1n) is 11.8. The molecule has 1 heterocycles. The zero-order chi connectivity index (χ0) is 29.8. The number of rotatable bonds is 6. The lowest BCUT2D eigenvalue weighted by atomic mass is 10.1. The molecule has 0 N–H and O–H groups in total. The third-order valence-corrected chi connectivity index (χ3v) is 12.4. The quantitative estimate of drug-likeness (QED) is 0.475. The molecular weight excluding hydrogens is 578 g/mol. The van der Waals surface area contributed by atoms with Gasteiger partial charge in [-0.05, 0) is 45.0 Å². The summed E-state index contributed by atoms with van der Waals surface area (Å²) in [6.07, 6.45) is 1.59. The number of hydrogen-bond donors (Lipinski definition) is 0. The normalized spacial score (nSPS) is 19.1. The SMILES string of the molecule is CC(C)(C)Oc1ccc(S(C)(=O)=O)cc1C(=O)N1CCN(C2=C(F)CC(S(C)(=O)=O)(S(C)(=O)=O)C=C2F)CC1. The molecular formula is C24H32F2N2O8S3. The minimum Gasteiger partial charge on any atom is -0.487 e. The molecule has 1 saturated heterocycles. The van der Waals surface area contributed by atoms with E-state index in [-0.39, 0.29) is 42.4 Å². The number of halogens is 2. The van der Waals surface area contributed by atoms with Gasteiger partial charge in [0.1, 0.15) is 28.7 Å². The Morgan fingerprint density at radius 1 is 0.923 bits per heavy atom. The van der Waals surface area contributed by atoms with Gasteiger partial charge in [-0.25, -0.2) is 34.0 Å². The maximum Gasteiger partial charge on any atom is 0.257 e. The largest absolute Gasteiger partial charge is 0.487 e. The Hall–Kier alpha value is -2.52. The first kappa shape index (κ1) is 31.0. The third kappa shape index (κ3) is 6.30. The predicted molar refractivity (Wildman–Crippen MR) is 142 cm³/mol. The summed E-state index contributed by atoms with van der Waals surface area (Å²) in [5.41, 5.74) is -1.23. The van der Waals surface area contributed by atoms with Crippen LogP contribution in [0, 0.1) is 0 Å². The van der Waals surface area contributed by atoms with Crippen LogP contribution in [0.1, 0.15) is 37.6 Å². The van der Waals surface area contributed by atoms with E-state index in [2.05, 4.69) is 0 Å². The second kappa shape index (κ2) is 10.1. The van der Waals surface area contributed by atoms with E-state index in [0.717, 1.165) is 6.26 Å². The summed E-state index contributed by atoms with van der Waals surface area (Å²) in [5.74, 6) is -2.92. The van der Waals surface area contributed by atoms with Crippen LogP contribution in [0.25, 0.3) is 0 Å². The molecule has 0 bridgehead atoms. The first-order valence-corrected chi connectivity index (χ1v) is 17.5. The molecule has 0 spiro atoms. The van der Waals surface area contributed by atoms with E-state index < -0.39 is 68.9 Å². The van der Waals surface area contributed by atoms with Crippen molar-refractivity contribution in [1.29, 1.82) is 0 Å². The maximum atomic E-state index is 15.2. The summed E-state index contributed by atoms with van der Waals surface area (Å²) in [6, 6.07) is 3.97. The standard InChI is InChI=1S/C24H32F2N2O8S3/c1-23(2,3)36-20-8-7-16(37(4,30)31)13-17(20)22(29)28-11-9-27(10-12-28)21-18(25)14-24(15-19(21)26,38(5,32)33)39(6,34)35/h7-8,13-14H,9-12,15H2,1-6H3. The molecule has 1 aliphatic carbocycles. The van der Waals surface area contributed by atoms with Gasteiger partial charge in [0.15, 0.2) is 33.6 Å². The van der Waals surface area contributed by atoms with Crippen LogP contribution in [0.3, 0.4) is 0 Å². The Labute approximate surface area is 228 Å². The van der Waals surface area contributed by atoms with Crippen LogP contribution >= 0.6 is 0 Å². The number of piperazine rings is 1. The van der Waals surface area contributed by atoms with E-state index in [1.165, 1.54) is 28.0 Å². The average molecular weight is 611 g/mol. The molecule has 1 aromatic carbocycles. The topological polar surface area (TPSA) is 135 Å². The minimum absolute atomic E-state index is 0.00967. The Bertz CT molecular complexity index is 1530. The van der Waals surface area contributed by atoms with Crippen molar-refractivity contribution in [1.82, 2.24) is 9.80 Å². The Balaban J connectivity index is 1.88. The van der Waals surface area contributed by atoms with Crippen molar-refractivity contribution in [2.24, 2.45) is 0 Å². The summed E-state index contributed by atoms with van der Waals surface area (Å²) >= 11 is 0. The van der Waals surface area contributed by atoms with Gasteiger partial charge in [0.05, 0.1) is 10.5 Å². The molecule has 0 radical (unpaired) electrons. The number of amides is 1. The monoisotopic (exact) mass is 610 g/mol. The van der Waals surface area contributed by atoms with Gasteiger partial charge in [0.2, 0.25) is 0 Å². The van der Waals surface area contributed by atoms with Crippen LogP contribution in [0.5, 0.6) is 5.75 Å². The van der Waals surface area contributed by atoms with Gasteiger partial charge >= 0.3 is 0 Å². The lowest BCUT2D eigenvalue weighted by Crippen LogP contribution is -2.50. The number of ether oxygens (including phenoxy) is 1. The van der Waals surface area contributed by atoms with Gasteiger partial charge in [0.25, 0.3) is 5.91 Å². The van der Waals surface area contributed by atoms with Crippen molar-refractivity contribution < 1.29 is 43.6 Å². The van der Waals surface area contributed by atoms with E-state index in [1.807, 2.05) is 0 Å². The minimum atomic E-state index is -4.45. The van der Waals surface area contributed by atoms with Gasteiger partial charge in [-0.1, -0.05) is 0 Å². The molecule has 2 aliphatic rings. The zero-order valence-corrected chi connectivity index (χ0v) is 24.9. The van der Waals surface area contributed by atoms with Gasteiger partial charge in [-0.3, -0.25) is 4.79 Å². The van der Waals surface area contributed by atoms with E-state index in [0.29, 0.717) is 18.6 Å². The summed E-state index contributed by atoms with van der Waals surface area (Å²) in [4.78, 5) is 16.0. The fraction of sp³-hybridized carbons (Fsp3) is 0.542. The molecule has 1 aromatic rings. The molecule has 3 rings (SSSR count). The summed E-state index contributed by atoms with van der Waals surface area (Å²) < 4.78 is 107. The Morgan fingerprint density at radius 2 is 1.46 bits per heavy atom. The van der Waals surface area contributed by atoms with Gasteiger partial charge in [-0.15, -0.1) is 0 Å². The number of benzene rings is 1. The van der Waals surface area contributed by atoms with Gasteiger partial charge in [-0.2, -0.15) is 0 Å². The highest BCUT2D eigenvalue weighted by Gasteiger charge is 2.53. The van der Waals surface area contributed by atoms with Crippen LogP contribution < -0.4 is 4.74 Å². The van der Waals surface area contributed by atoms with E-state index in [4.69, 9.17) is 4.74 Å². The summed E-state index contributed by atoms with van der Waals surface area (Å²) in [5, 5.41) is 0. The number of sulfone groups is 3. The smallest absolute Gasteiger partial charge is 0.257 e. The lowest BCUT2D eigenvalue weighted by Gasteiger charge is -2.39. The van der Waals surface area contributed by atoms with Crippen LogP contribution in [0.2, 0.25) is 0 Å². The molecule has 39 heavy (non-hydrogen) atoms. The first-order chi connectivity index (χ1) is 17.6. The van der Waals surface area contributed by atoms with E-state index in [9.17, 15) is 30.0 Å². The second-order valence-electron chi connectivity index (χ2n) is 10.7. The maximum absolute atomic E-state index is 15.2. The van der Waals surface area contributed by atoms with Crippen LogP contribution in [-0.4, -0.2) is 95.6 Å². The highest BCUT2D eigenvalue weighted by molar-refractivity contribution is 8.10. The molecule has 1 amide bonds. The summed E-state index contributed by atoms with van der Waals surface area (Å²) in [6.45, 7) is 5.17. The van der Waals surface area contributed by atoms with Crippen LogP contribution in [0.4, 0.5) is 8.78 Å². The highest BCUT2D eigenvalue weighted by atomic mass is 32.3. The number of carbonyl (C=O) groups excluding carboxylic acids is 1. The second-order valence-corrected chi connectivity index (χ2v) is 17.5. The average Bonchev–Trinajstić information content (AvgIpc) is 2.75. The third-order valence-electron chi connectivity index (χ3n) is 6.40. The Kier molecular flexibility index (Phi) is 8.07. The molecule has 0 unspecified atom stereocenters. The molecule has 1 fully saturated rings. The van der Waals surface area contributed by atoms with Crippen molar-refractivity contribution in [3.63, 3.8) is 0 Å². The van der Waals surface area contributed by atoms with Crippen molar-refractivity contribution >= 4 is 35.4 Å². The lowest BCUT2D eigenvalue weighted by molar-refractivity contribution is 0.0651. The molecule has 15 heteroatoms. The number of carbonyl (C=O) groups is 1. The van der Waals surface area contributed by atoms with Crippen molar-refractivity contribution in [2.75, 3.05) is 44.9 Å². The fourth-order valence-corrected chi connectivity index (χ4v) is 8.71. The van der Waals surface area contributed by atoms with Gasteiger partial charge < -0.3 is 14.5 Å². The van der Waals surface area contributed by atoms with Gasteiger partial charge in [0, 0.05) is 51.4 Å². The Morgan fingerprint density at radius 3 is 1.90 bits per heavy atom. The van der Waals surface area contributed by atoms with Crippen molar-refractivity contribution in [3.8, 4) is 5.75 Å². The highest BCUT2D eigenvalue weighted by Crippen LogP contribution is 2.42. The number of allylic oxidation sites excluding steroid dienone is 2. The molecule has 0 saturated carbocycles. The van der Waals surface area contributed by atoms with E-state index >= 15 is 8.78 Å². The van der Waals surface area contributed by atoms with Crippen LogP contribution in [0.15, 0.2) is 46.5 Å². The summed E-state index contributed by atoms with van der Waals surface area (Å²) in [7, 11) is -12.5. The molecule has 1 aliphatic heterocycles. The van der Waals surface area contributed by atoms with E-state index in [1.54, 1.807) is 20.8 Å². The van der Waals surface area contributed by atoms with Crippen molar-refractivity contribution in [2.45, 2.75) is 41.8 Å². The van der Waals surface area contributed by atoms with Crippen molar-refractivity contribution in [3.05, 3.63) is 47.2 Å². The molecule has 0 atom stereocenters. The molecule has 218 valence electrons. The fourth-order valence-electron chi connectivity index (χ4n) is 4.45. The molecule has 10 nitrogen and oxygen atoms in total. The zero-order valence-electron chi connectivity index (χ0n) is 22.5. The predicted octanol–water partition coefficient (Wildman–Crippen LogP) is 2.25.